The van der Waals surface area contributed by atoms with Crippen molar-refractivity contribution in [2.24, 2.45) is 5.73 Å². The number of fused-ring (bicyclic) bond motifs is 1. The molecule has 0 fully saturated rings. The zero-order valence-corrected chi connectivity index (χ0v) is 14.1. The average molecular weight is 323 g/mol. The second kappa shape index (κ2) is 5.63. The summed E-state index contributed by atoms with van der Waals surface area (Å²) >= 11 is 0. The molecule has 0 saturated carbocycles. The van der Waals surface area contributed by atoms with E-state index in [0.29, 0.717) is 23.1 Å². The van der Waals surface area contributed by atoms with Crippen molar-refractivity contribution in [2.75, 3.05) is 5.73 Å². The third-order valence-corrected chi connectivity index (χ3v) is 4.12. The van der Waals surface area contributed by atoms with Gasteiger partial charge in [0, 0.05) is 12.7 Å². The Morgan fingerprint density at radius 3 is 2.42 bits per heavy atom. The molecule has 6 heteroatoms. The molecule has 0 aliphatic carbocycles. The Labute approximate surface area is 140 Å². The van der Waals surface area contributed by atoms with Crippen molar-refractivity contribution in [3.05, 3.63) is 53.5 Å². The fourth-order valence-electron chi connectivity index (χ4n) is 2.76. The van der Waals surface area contributed by atoms with Crippen LogP contribution in [0.2, 0.25) is 0 Å². The van der Waals surface area contributed by atoms with Crippen LogP contribution in [-0.4, -0.2) is 20.4 Å². The predicted octanol–water partition coefficient (Wildman–Crippen LogP) is 2.46. The Kier molecular flexibility index (Phi) is 3.75. The third kappa shape index (κ3) is 2.82. The summed E-state index contributed by atoms with van der Waals surface area (Å²) in [5.74, 6) is -0.279. The molecule has 2 aromatic heterocycles. The molecule has 2 heterocycles. The smallest absolute Gasteiger partial charge is 0.251 e. The number of nitrogens with two attached hydrogens (primary N) is 2. The summed E-state index contributed by atoms with van der Waals surface area (Å²) in [4.78, 5) is 19.9. The van der Waals surface area contributed by atoms with Gasteiger partial charge < -0.3 is 16.0 Å². The van der Waals surface area contributed by atoms with E-state index in [-0.39, 0.29) is 11.2 Å². The van der Waals surface area contributed by atoms with Crippen LogP contribution in [0.4, 0.5) is 5.82 Å². The standard InChI is InChI=1S/C18H21N5O/c1-18(2,3)12-6-4-11(5-7-12)8-23-9-13(16(20)24)14-15(19)21-10-22-17(14)23/h4-7,9-10H,8H2,1-3H3,(H2,20,24)(H2,19,21,22). The molecule has 24 heavy (non-hydrogen) atoms. The maximum absolute atomic E-state index is 11.7. The number of nitrogen functional groups attached to an aromatic ring is 1. The number of aromatic nitrogens is 3. The maximum atomic E-state index is 11.7. The lowest BCUT2D eigenvalue weighted by Crippen LogP contribution is -2.11. The molecular formula is C18H21N5O. The van der Waals surface area contributed by atoms with Gasteiger partial charge >= 0.3 is 0 Å². The van der Waals surface area contributed by atoms with E-state index < -0.39 is 5.91 Å². The van der Waals surface area contributed by atoms with E-state index in [1.807, 2.05) is 4.57 Å². The van der Waals surface area contributed by atoms with E-state index in [2.05, 4.69) is 55.0 Å². The first-order valence-electron chi connectivity index (χ1n) is 7.76. The van der Waals surface area contributed by atoms with Crippen molar-refractivity contribution in [3.8, 4) is 0 Å². The monoisotopic (exact) mass is 323 g/mol. The first-order valence-corrected chi connectivity index (χ1v) is 7.76. The summed E-state index contributed by atoms with van der Waals surface area (Å²) < 4.78 is 1.87. The number of benzene rings is 1. The highest BCUT2D eigenvalue weighted by Crippen LogP contribution is 2.25. The number of primary amides is 1. The van der Waals surface area contributed by atoms with E-state index in [9.17, 15) is 4.79 Å². The lowest BCUT2D eigenvalue weighted by molar-refractivity contribution is 0.100. The molecule has 4 N–H and O–H groups in total. The fraction of sp³-hybridized carbons (Fsp3) is 0.278. The van der Waals surface area contributed by atoms with Crippen LogP contribution in [0.15, 0.2) is 36.8 Å². The average Bonchev–Trinajstić information content (AvgIpc) is 2.87. The minimum Gasteiger partial charge on any atom is -0.383 e. The normalized spacial score (nSPS) is 11.8. The van der Waals surface area contributed by atoms with Crippen molar-refractivity contribution in [1.82, 2.24) is 14.5 Å². The lowest BCUT2D eigenvalue weighted by atomic mass is 9.87. The van der Waals surface area contributed by atoms with Gasteiger partial charge in [-0.15, -0.1) is 0 Å². The van der Waals surface area contributed by atoms with E-state index in [1.54, 1.807) is 6.20 Å². The van der Waals surface area contributed by atoms with Gasteiger partial charge in [0.25, 0.3) is 5.91 Å². The second-order valence-electron chi connectivity index (χ2n) is 6.94. The summed E-state index contributed by atoms with van der Waals surface area (Å²) in [5, 5.41) is 0.510. The minimum atomic E-state index is -0.539. The van der Waals surface area contributed by atoms with Crippen LogP contribution in [0.5, 0.6) is 0 Å². The number of nitrogens with zero attached hydrogens (tertiary/aromatic N) is 3. The van der Waals surface area contributed by atoms with E-state index >= 15 is 0 Å². The van der Waals surface area contributed by atoms with Crippen LogP contribution < -0.4 is 11.5 Å². The Balaban J connectivity index is 2.02. The number of carbonyl (C=O) groups is 1. The molecule has 3 rings (SSSR count). The Morgan fingerprint density at radius 2 is 1.83 bits per heavy atom. The van der Waals surface area contributed by atoms with Gasteiger partial charge in [0.15, 0.2) is 0 Å². The van der Waals surface area contributed by atoms with Crippen LogP contribution in [0, 0.1) is 0 Å². The summed E-state index contributed by atoms with van der Waals surface area (Å²) in [6.45, 7) is 7.12. The Morgan fingerprint density at radius 1 is 1.17 bits per heavy atom. The van der Waals surface area contributed by atoms with Crippen LogP contribution in [0.25, 0.3) is 11.0 Å². The topological polar surface area (TPSA) is 99.8 Å². The van der Waals surface area contributed by atoms with E-state index in [4.69, 9.17) is 11.5 Å². The quantitative estimate of drug-likeness (QED) is 0.773. The van der Waals surface area contributed by atoms with Gasteiger partial charge in [-0.2, -0.15) is 0 Å². The molecule has 3 aromatic rings. The lowest BCUT2D eigenvalue weighted by Gasteiger charge is -2.19. The molecule has 0 spiro atoms. The van der Waals surface area contributed by atoms with Gasteiger partial charge in [-0.3, -0.25) is 4.79 Å². The van der Waals surface area contributed by atoms with Gasteiger partial charge in [0.05, 0.1) is 10.9 Å². The van der Waals surface area contributed by atoms with Crippen LogP contribution in [-0.2, 0) is 12.0 Å². The molecule has 1 aromatic carbocycles. The summed E-state index contributed by atoms with van der Waals surface area (Å²) in [5.41, 5.74) is 14.8. The molecule has 0 atom stereocenters. The molecule has 0 unspecified atom stereocenters. The molecule has 1 amide bonds. The summed E-state index contributed by atoms with van der Waals surface area (Å²) in [7, 11) is 0. The molecule has 0 bridgehead atoms. The van der Waals surface area contributed by atoms with Gasteiger partial charge in [0.1, 0.15) is 17.8 Å². The highest BCUT2D eigenvalue weighted by atomic mass is 16.1. The second-order valence-corrected chi connectivity index (χ2v) is 6.94. The highest BCUT2D eigenvalue weighted by molar-refractivity contribution is 6.08. The van der Waals surface area contributed by atoms with Crippen molar-refractivity contribution in [2.45, 2.75) is 32.7 Å². The molecule has 0 aliphatic rings. The van der Waals surface area contributed by atoms with Crippen LogP contribution >= 0.6 is 0 Å². The Bertz CT molecular complexity index is 904. The number of anilines is 1. The van der Waals surface area contributed by atoms with Crippen LogP contribution in [0.3, 0.4) is 0 Å². The zero-order valence-electron chi connectivity index (χ0n) is 14.1. The summed E-state index contributed by atoms with van der Waals surface area (Å²) in [6.07, 6.45) is 3.08. The largest absolute Gasteiger partial charge is 0.383 e. The van der Waals surface area contributed by atoms with Gasteiger partial charge in [-0.1, -0.05) is 45.0 Å². The summed E-state index contributed by atoms with van der Waals surface area (Å²) in [6, 6.07) is 8.42. The fourth-order valence-corrected chi connectivity index (χ4v) is 2.76. The first kappa shape index (κ1) is 16.0. The molecule has 0 aliphatic heterocycles. The molecule has 124 valence electrons. The highest BCUT2D eigenvalue weighted by Gasteiger charge is 2.17. The van der Waals surface area contributed by atoms with Gasteiger partial charge in [-0.25, -0.2) is 9.97 Å². The number of hydrogen-bond acceptors (Lipinski definition) is 4. The number of amides is 1. The maximum Gasteiger partial charge on any atom is 0.251 e. The van der Waals surface area contributed by atoms with Crippen molar-refractivity contribution in [3.63, 3.8) is 0 Å². The van der Waals surface area contributed by atoms with Crippen molar-refractivity contribution < 1.29 is 4.79 Å². The minimum absolute atomic E-state index is 0.111. The molecular weight excluding hydrogens is 302 g/mol. The Hall–Kier alpha value is -2.89. The third-order valence-electron chi connectivity index (χ3n) is 4.12. The first-order chi connectivity index (χ1) is 11.3. The predicted molar refractivity (Wildman–Crippen MR) is 94.7 cm³/mol. The van der Waals surface area contributed by atoms with Crippen molar-refractivity contribution in [1.29, 1.82) is 0 Å². The number of rotatable bonds is 3. The molecule has 0 saturated heterocycles. The van der Waals surface area contributed by atoms with E-state index in [1.165, 1.54) is 11.9 Å². The SMILES string of the molecule is CC(C)(C)c1ccc(Cn2cc(C(N)=O)c3c(N)ncnc32)cc1. The van der Waals surface area contributed by atoms with Gasteiger partial charge in [-0.05, 0) is 16.5 Å². The van der Waals surface area contributed by atoms with E-state index in [0.717, 1.165) is 5.56 Å². The van der Waals surface area contributed by atoms with Gasteiger partial charge in [0.2, 0.25) is 0 Å². The molecule has 6 nitrogen and oxygen atoms in total. The van der Waals surface area contributed by atoms with Crippen LogP contribution in [0.1, 0.15) is 42.3 Å². The molecule has 0 radical (unpaired) electrons. The number of carbonyl (C=O) groups excluding carboxylic acids is 1. The number of hydrogen-bond donors (Lipinski definition) is 2. The van der Waals surface area contributed by atoms with Crippen molar-refractivity contribution >= 4 is 22.8 Å². The zero-order chi connectivity index (χ0) is 17.5.